The largest absolute Gasteiger partial charge is 0.373 e. The number of ether oxygens (including phenoxy) is 2. The number of carbonyl (C=O) groups is 1. The van der Waals surface area contributed by atoms with E-state index in [1.165, 1.54) is 0 Å². The molecule has 1 heterocycles. The maximum atomic E-state index is 12.4. The highest BCUT2D eigenvalue weighted by Gasteiger charge is 2.26. The second-order valence-electron chi connectivity index (χ2n) is 7.88. The van der Waals surface area contributed by atoms with Gasteiger partial charge in [0.2, 0.25) is 5.91 Å². The number of nitrogens with one attached hydrogen (secondary N) is 1. The first kappa shape index (κ1) is 21.5. The zero-order valence-electron chi connectivity index (χ0n) is 17.6. The molecule has 2 aromatic rings. The van der Waals surface area contributed by atoms with Gasteiger partial charge in [-0.3, -0.25) is 9.69 Å². The fourth-order valence-corrected chi connectivity index (χ4v) is 3.82. The van der Waals surface area contributed by atoms with Crippen LogP contribution in [-0.2, 0) is 14.3 Å². The molecule has 156 valence electrons. The third-order valence-corrected chi connectivity index (χ3v) is 5.25. The molecule has 1 aliphatic rings. The van der Waals surface area contributed by atoms with Gasteiger partial charge in [-0.1, -0.05) is 60.7 Å². The lowest BCUT2D eigenvalue weighted by Crippen LogP contribution is -2.52. The van der Waals surface area contributed by atoms with E-state index in [-0.39, 0.29) is 36.9 Å². The van der Waals surface area contributed by atoms with E-state index < -0.39 is 0 Å². The van der Waals surface area contributed by atoms with Gasteiger partial charge in [0, 0.05) is 25.7 Å². The van der Waals surface area contributed by atoms with Crippen LogP contribution in [0.5, 0.6) is 0 Å². The molecule has 3 rings (SSSR count). The van der Waals surface area contributed by atoms with Crippen LogP contribution in [0.1, 0.15) is 38.0 Å². The molecule has 1 amide bonds. The molecule has 1 saturated heterocycles. The number of hydrogen-bond donors (Lipinski definition) is 1. The van der Waals surface area contributed by atoms with Crippen molar-refractivity contribution in [1.82, 2.24) is 10.2 Å². The summed E-state index contributed by atoms with van der Waals surface area (Å²) in [7, 11) is 0. The predicted molar refractivity (Wildman–Crippen MR) is 115 cm³/mol. The van der Waals surface area contributed by atoms with Crippen molar-refractivity contribution in [3.8, 4) is 0 Å². The maximum absolute atomic E-state index is 12.4. The van der Waals surface area contributed by atoms with Crippen molar-refractivity contribution in [3.05, 3.63) is 71.8 Å². The molecule has 0 saturated carbocycles. The van der Waals surface area contributed by atoms with E-state index in [1.807, 2.05) is 60.7 Å². The quantitative estimate of drug-likeness (QED) is 0.743. The highest BCUT2D eigenvalue weighted by molar-refractivity contribution is 5.77. The number of hydrogen-bond acceptors (Lipinski definition) is 4. The predicted octanol–water partition coefficient (Wildman–Crippen LogP) is 3.41. The first-order valence-electron chi connectivity index (χ1n) is 10.4. The number of benzene rings is 2. The first-order chi connectivity index (χ1) is 14.0. The smallest absolute Gasteiger partial charge is 0.246 e. The van der Waals surface area contributed by atoms with Crippen molar-refractivity contribution in [2.45, 2.75) is 45.1 Å². The van der Waals surface area contributed by atoms with Crippen LogP contribution >= 0.6 is 0 Å². The van der Waals surface area contributed by atoms with Gasteiger partial charge in [-0.2, -0.15) is 0 Å². The van der Waals surface area contributed by atoms with E-state index in [0.29, 0.717) is 6.54 Å². The highest BCUT2D eigenvalue weighted by atomic mass is 16.5. The van der Waals surface area contributed by atoms with E-state index in [4.69, 9.17) is 9.47 Å². The average molecular weight is 397 g/mol. The summed E-state index contributed by atoms with van der Waals surface area (Å²) in [5.74, 6) is -0.0944. The van der Waals surface area contributed by atoms with Crippen molar-refractivity contribution in [2.75, 3.05) is 26.2 Å². The molecule has 5 heteroatoms. The molecule has 0 radical (unpaired) electrons. The molecule has 0 bridgehead atoms. The van der Waals surface area contributed by atoms with Gasteiger partial charge >= 0.3 is 0 Å². The molecule has 2 aromatic carbocycles. The lowest BCUT2D eigenvalue weighted by molar-refractivity contribution is -0.127. The van der Waals surface area contributed by atoms with E-state index in [0.717, 1.165) is 24.2 Å². The zero-order valence-corrected chi connectivity index (χ0v) is 17.6. The fraction of sp³-hybridized carbons (Fsp3) is 0.458. The van der Waals surface area contributed by atoms with Crippen LogP contribution in [0.2, 0.25) is 0 Å². The summed E-state index contributed by atoms with van der Waals surface area (Å²) in [5.41, 5.74) is 2.08. The van der Waals surface area contributed by atoms with Crippen LogP contribution < -0.4 is 5.32 Å². The summed E-state index contributed by atoms with van der Waals surface area (Å²) < 4.78 is 11.8. The third kappa shape index (κ3) is 6.39. The standard InChI is InChI=1S/C24H32N2O3/c1-18(26-15-19(2)29-20(3)16-26)14-25-23(27)17-28-24(21-10-6-4-7-11-21)22-12-8-5-9-13-22/h4-13,18-20,24H,14-17H2,1-3H3,(H,25,27)/t18-,19-,20+/m1/s1. The summed E-state index contributed by atoms with van der Waals surface area (Å²) in [6.45, 7) is 8.73. The Morgan fingerprint density at radius 2 is 1.55 bits per heavy atom. The Bertz CT molecular complexity index is 704. The highest BCUT2D eigenvalue weighted by Crippen LogP contribution is 2.25. The summed E-state index contributed by atoms with van der Waals surface area (Å²) in [6.07, 6.45) is 0.178. The molecule has 1 N–H and O–H groups in total. The van der Waals surface area contributed by atoms with Crippen LogP contribution in [0.4, 0.5) is 0 Å². The number of rotatable bonds is 8. The second kappa shape index (κ2) is 10.5. The monoisotopic (exact) mass is 396 g/mol. The van der Waals surface area contributed by atoms with Crippen molar-refractivity contribution in [1.29, 1.82) is 0 Å². The normalized spacial score (nSPS) is 21.1. The molecule has 1 aliphatic heterocycles. The Morgan fingerprint density at radius 1 is 1.03 bits per heavy atom. The Hall–Kier alpha value is -2.21. The molecule has 0 aromatic heterocycles. The van der Waals surface area contributed by atoms with Crippen LogP contribution in [0.25, 0.3) is 0 Å². The number of carbonyl (C=O) groups excluding carboxylic acids is 1. The summed E-state index contributed by atoms with van der Waals surface area (Å²) in [5, 5.41) is 3.02. The van der Waals surface area contributed by atoms with Crippen LogP contribution in [0.3, 0.4) is 0 Å². The molecule has 1 fully saturated rings. The minimum Gasteiger partial charge on any atom is -0.373 e. The zero-order chi connectivity index (χ0) is 20.6. The number of nitrogens with zero attached hydrogens (tertiary/aromatic N) is 1. The van der Waals surface area contributed by atoms with Crippen LogP contribution in [0, 0.1) is 0 Å². The van der Waals surface area contributed by atoms with Crippen molar-refractivity contribution in [2.24, 2.45) is 0 Å². The van der Waals surface area contributed by atoms with Gasteiger partial charge in [0.1, 0.15) is 12.7 Å². The van der Waals surface area contributed by atoms with Crippen molar-refractivity contribution >= 4 is 5.91 Å². The molecule has 0 spiro atoms. The fourth-order valence-electron chi connectivity index (χ4n) is 3.82. The molecule has 3 atom stereocenters. The summed E-state index contributed by atoms with van der Waals surface area (Å²) in [4.78, 5) is 14.8. The number of amides is 1. The average Bonchev–Trinajstić information content (AvgIpc) is 2.73. The molecular formula is C24H32N2O3. The summed E-state index contributed by atoms with van der Waals surface area (Å²) in [6, 6.07) is 20.3. The molecule has 29 heavy (non-hydrogen) atoms. The first-order valence-corrected chi connectivity index (χ1v) is 10.4. The maximum Gasteiger partial charge on any atom is 0.246 e. The minimum atomic E-state index is -0.262. The Morgan fingerprint density at radius 3 is 2.07 bits per heavy atom. The summed E-state index contributed by atoms with van der Waals surface area (Å²) >= 11 is 0. The van der Waals surface area contributed by atoms with Gasteiger partial charge in [-0.15, -0.1) is 0 Å². The van der Waals surface area contributed by atoms with Crippen LogP contribution in [0.15, 0.2) is 60.7 Å². The topological polar surface area (TPSA) is 50.8 Å². The van der Waals surface area contributed by atoms with Crippen LogP contribution in [-0.4, -0.2) is 55.3 Å². The second-order valence-corrected chi connectivity index (χ2v) is 7.88. The lowest BCUT2D eigenvalue weighted by atomic mass is 10.0. The van der Waals surface area contributed by atoms with Gasteiger partial charge in [0.05, 0.1) is 12.2 Å². The van der Waals surface area contributed by atoms with Gasteiger partial charge in [0.15, 0.2) is 0 Å². The Labute approximate surface area is 174 Å². The van der Waals surface area contributed by atoms with Gasteiger partial charge in [-0.25, -0.2) is 0 Å². The number of morpholine rings is 1. The molecule has 0 aliphatic carbocycles. The Kier molecular flexibility index (Phi) is 7.81. The molecule has 5 nitrogen and oxygen atoms in total. The van der Waals surface area contributed by atoms with Crippen molar-refractivity contribution < 1.29 is 14.3 Å². The van der Waals surface area contributed by atoms with Crippen molar-refractivity contribution in [3.63, 3.8) is 0 Å². The van der Waals surface area contributed by atoms with E-state index in [9.17, 15) is 4.79 Å². The minimum absolute atomic E-state index is 0.0249. The van der Waals surface area contributed by atoms with Gasteiger partial charge in [-0.05, 0) is 31.9 Å². The lowest BCUT2D eigenvalue weighted by Gasteiger charge is -2.39. The van der Waals surface area contributed by atoms with E-state index in [1.54, 1.807) is 0 Å². The van der Waals surface area contributed by atoms with E-state index >= 15 is 0 Å². The molecule has 0 unspecified atom stereocenters. The van der Waals surface area contributed by atoms with Gasteiger partial charge in [0.25, 0.3) is 0 Å². The Balaban J connectivity index is 1.52. The van der Waals surface area contributed by atoms with Gasteiger partial charge < -0.3 is 14.8 Å². The molecular weight excluding hydrogens is 364 g/mol. The van der Waals surface area contributed by atoms with E-state index in [2.05, 4.69) is 31.0 Å². The SMILES string of the molecule is C[C@@H]1CN([C@H](C)CNC(=O)COC(c2ccccc2)c2ccccc2)C[C@H](C)O1. The third-order valence-electron chi connectivity index (χ3n) is 5.25.